The molecular formula is C14H20FN3. The Morgan fingerprint density at radius 1 is 1.50 bits per heavy atom. The predicted molar refractivity (Wildman–Crippen MR) is 71.1 cm³/mol. The second-order valence-corrected chi connectivity index (χ2v) is 5.06. The minimum Gasteiger partial charge on any atom is -0.384 e. The molecule has 1 aromatic rings. The van der Waals surface area contributed by atoms with Gasteiger partial charge in [0, 0.05) is 18.7 Å². The van der Waals surface area contributed by atoms with E-state index < -0.39 is 0 Å². The Bertz CT molecular complexity index is 445. The fourth-order valence-electron chi connectivity index (χ4n) is 2.55. The van der Waals surface area contributed by atoms with Crippen LogP contribution in [-0.2, 0) is 6.54 Å². The van der Waals surface area contributed by atoms with Gasteiger partial charge >= 0.3 is 0 Å². The van der Waals surface area contributed by atoms with Crippen LogP contribution in [0.15, 0.2) is 18.2 Å². The lowest BCUT2D eigenvalue weighted by Crippen LogP contribution is -2.20. The summed E-state index contributed by atoms with van der Waals surface area (Å²) in [5, 5.41) is 7.37. The zero-order valence-corrected chi connectivity index (χ0v) is 10.7. The third-order valence-electron chi connectivity index (χ3n) is 3.62. The maximum absolute atomic E-state index is 13.4. The molecule has 1 unspecified atom stereocenters. The summed E-state index contributed by atoms with van der Waals surface area (Å²) >= 11 is 0. The number of nitrogen functional groups attached to an aromatic ring is 1. The van der Waals surface area contributed by atoms with Crippen molar-refractivity contribution in [1.29, 1.82) is 5.41 Å². The molecule has 1 aromatic carbocycles. The molecule has 1 aliphatic rings. The van der Waals surface area contributed by atoms with Crippen molar-refractivity contribution in [1.82, 2.24) is 4.90 Å². The number of hydrogen-bond acceptors (Lipinski definition) is 2. The average molecular weight is 249 g/mol. The van der Waals surface area contributed by atoms with E-state index in [1.54, 1.807) is 0 Å². The Morgan fingerprint density at radius 3 is 2.89 bits per heavy atom. The molecule has 3 nitrogen and oxygen atoms in total. The molecule has 1 aliphatic heterocycles. The predicted octanol–water partition coefficient (Wildman–Crippen LogP) is 2.34. The number of nitrogens with zero attached hydrogens (tertiary/aromatic N) is 1. The summed E-state index contributed by atoms with van der Waals surface area (Å²) in [6, 6.07) is 4.65. The van der Waals surface area contributed by atoms with Crippen LogP contribution in [0.2, 0.25) is 0 Å². The van der Waals surface area contributed by atoms with E-state index in [2.05, 4.69) is 11.8 Å². The topological polar surface area (TPSA) is 53.1 Å². The first-order valence-electron chi connectivity index (χ1n) is 6.44. The van der Waals surface area contributed by atoms with Gasteiger partial charge in [-0.1, -0.05) is 13.3 Å². The summed E-state index contributed by atoms with van der Waals surface area (Å²) in [4.78, 5) is 2.34. The van der Waals surface area contributed by atoms with Gasteiger partial charge in [-0.2, -0.15) is 0 Å². The normalized spacial score (nSPS) is 20.2. The number of amidine groups is 1. The second kappa shape index (κ2) is 5.48. The maximum Gasteiger partial charge on any atom is 0.124 e. The smallest absolute Gasteiger partial charge is 0.124 e. The van der Waals surface area contributed by atoms with Gasteiger partial charge in [-0.05, 0) is 42.6 Å². The highest BCUT2D eigenvalue weighted by Crippen LogP contribution is 2.21. The van der Waals surface area contributed by atoms with Crippen LogP contribution in [0.4, 0.5) is 4.39 Å². The SMILES string of the molecule is CCC1CCN(Cc2cc(F)cc(C(=N)N)c2)C1. The van der Waals surface area contributed by atoms with Gasteiger partial charge in [0.05, 0.1) is 0 Å². The van der Waals surface area contributed by atoms with E-state index in [1.807, 2.05) is 6.07 Å². The van der Waals surface area contributed by atoms with Crippen molar-refractivity contribution in [2.45, 2.75) is 26.3 Å². The molecule has 1 fully saturated rings. The number of benzene rings is 1. The van der Waals surface area contributed by atoms with Crippen LogP contribution in [-0.4, -0.2) is 23.8 Å². The summed E-state index contributed by atoms with van der Waals surface area (Å²) in [6.45, 7) is 5.12. The van der Waals surface area contributed by atoms with Crippen LogP contribution in [0.5, 0.6) is 0 Å². The van der Waals surface area contributed by atoms with E-state index in [4.69, 9.17) is 11.1 Å². The summed E-state index contributed by atoms with van der Waals surface area (Å²) < 4.78 is 13.4. The van der Waals surface area contributed by atoms with Gasteiger partial charge in [0.15, 0.2) is 0 Å². The Labute approximate surface area is 107 Å². The fraction of sp³-hybridized carbons (Fsp3) is 0.500. The van der Waals surface area contributed by atoms with Gasteiger partial charge in [0.1, 0.15) is 11.7 Å². The van der Waals surface area contributed by atoms with Crippen LogP contribution in [0.3, 0.4) is 0 Å². The Kier molecular flexibility index (Phi) is 3.97. The average Bonchev–Trinajstić information content (AvgIpc) is 2.76. The highest BCUT2D eigenvalue weighted by atomic mass is 19.1. The molecule has 1 heterocycles. The monoisotopic (exact) mass is 249 g/mol. The molecule has 0 aromatic heterocycles. The first-order valence-corrected chi connectivity index (χ1v) is 6.44. The summed E-state index contributed by atoms with van der Waals surface area (Å²) in [7, 11) is 0. The highest BCUT2D eigenvalue weighted by molar-refractivity contribution is 5.95. The minimum atomic E-state index is -0.316. The molecule has 0 amide bonds. The maximum atomic E-state index is 13.4. The van der Waals surface area contributed by atoms with Crippen molar-refractivity contribution in [3.63, 3.8) is 0 Å². The first-order chi connectivity index (χ1) is 8.58. The van der Waals surface area contributed by atoms with Crippen LogP contribution < -0.4 is 5.73 Å². The quantitative estimate of drug-likeness (QED) is 0.635. The van der Waals surface area contributed by atoms with E-state index in [-0.39, 0.29) is 11.7 Å². The molecule has 18 heavy (non-hydrogen) atoms. The van der Waals surface area contributed by atoms with Crippen molar-refractivity contribution in [2.75, 3.05) is 13.1 Å². The lowest BCUT2D eigenvalue weighted by molar-refractivity contribution is 0.314. The number of rotatable bonds is 4. The van der Waals surface area contributed by atoms with Gasteiger partial charge in [-0.15, -0.1) is 0 Å². The molecule has 98 valence electrons. The third kappa shape index (κ3) is 3.07. The number of nitrogens with one attached hydrogen (secondary N) is 1. The summed E-state index contributed by atoms with van der Waals surface area (Å²) in [6.07, 6.45) is 2.43. The molecular weight excluding hydrogens is 229 g/mol. The molecule has 0 radical (unpaired) electrons. The van der Waals surface area contributed by atoms with Gasteiger partial charge in [-0.3, -0.25) is 10.3 Å². The first kappa shape index (κ1) is 13.0. The molecule has 2 rings (SSSR count). The van der Waals surface area contributed by atoms with E-state index >= 15 is 0 Å². The van der Waals surface area contributed by atoms with E-state index in [0.717, 1.165) is 31.1 Å². The summed E-state index contributed by atoms with van der Waals surface area (Å²) in [5.74, 6) is 0.374. The van der Waals surface area contributed by atoms with Gasteiger partial charge < -0.3 is 5.73 Å². The molecule has 0 saturated carbocycles. The number of halogens is 1. The lowest BCUT2D eigenvalue weighted by Gasteiger charge is -2.16. The Balaban J connectivity index is 2.07. The van der Waals surface area contributed by atoms with E-state index in [1.165, 1.54) is 25.0 Å². The number of likely N-dealkylation sites (tertiary alicyclic amines) is 1. The molecule has 1 saturated heterocycles. The molecule has 4 heteroatoms. The highest BCUT2D eigenvalue weighted by Gasteiger charge is 2.21. The van der Waals surface area contributed by atoms with Gasteiger partial charge in [0.25, 0.3) is 0 Å². The zero-order chi connectivity index (χ0) is 13.1. The number of nitrogens with two attached hydrogens (primary N) is 1. The second-order valence-electron chi connectivity index (χ2n) is 5.06. The van der Waals surface area contributed by atoms with Crippen LogP contribution in [0, 0.1) is 17.1 Å². The number of hydrogen-bond donors (Lipinski definition) is 2. The van der Waals surface area contributed by atoms with Crippen LogP contribution >= 0.6 is 0 Å². The largest absolute Gasteiger partial charge is 0.384 e. The van der Waals surface area contributed by atoms with E-state index in [0.29, 0.717) is 5.56 Å². The minimum absolute atomic E-state index is 0.0800. The Morgan fingerprint density at radius 2 is 2.28 bits per heavy atom. The lowest BCUT2D eigenvalue weighted by atomic mass is 10.1. The molecule has 3 N–H and O–H groups in total. The van der Waals surface area contributed by atoms with Crippen molar-refractivity contribution >= 4 is 5.84 Å². The fourth-order valence-corrected chi connectivity index (χ4v) is 2.55. The molecule has 0 spiro atoms. The third-order valence-corrected chi connectivity index (χ3v) is 3.62. The van der Waals surface area contributed by atoms with Crippen molar-refractivity contribution in [2.24, 2.45) is 11.7 Å². The molecule has 1 atom stereocenters. The van der Waals surface area contributed by atoms with E-state index in [9.17, 15) is 4.39 Å². The molecule has 0 bridgehead atoms. The van der Waals surface area contributed by atoms with Gasteiger partial charge in [0.2, 0.25) is 0 Å². The molecule has 0 aliphatic carbocycles. The van der Waals surface area contributed by atoms with Crippen molar-refractivity contribution < 1.29 is 4.39 Å². The van der Waals surface area contributed by atoms with Crippen LogP contribution in [0.1, 0.15) is 30.9 Å². The van der Waals surface area contributed by atoms with Crippen molar-refractivity contribution in [3.8, 4) is 0 Å². The van der Waals surface area contributed by atoms with Gasteiger partial charge in [-0.25, -0.2) is 4.39 Å². The Hall–Kier alpha value is -1.42. The van der Waals surface area contributed by atoms with Crippen molar-refractivity contribution in [3.05, 3.63) is 35.1 Å². The summed E-state index contributed by atoms with van der Waals surface area (Å²) in [5.41, 5.74) is 6.77. The standard InChI is InChI=1S/C14H20FN3/c1-2-10-3-4-18(8-10)9-11-5-12(14(16)17)7-13(15)6-11/h5-7,10H,2-4,8-9H2,1H3,(H3,16,17). The van der Waals surface area contributed by atoms with Crippen LogP contribution in [0.25, 0.3) is 0 Å². The zero-order valence-electron chi connectivity index (χ0n) is 10.7.